The van der Waals surface area contributed by atoms with Crippen LogP contribution in [0.15, 0.2) is 46.7 Å². The lowest BCUT2D eigenvalue weighted by Crippen LogP contribution is -2.46. The minimum atomic E-state index is -3.74. The molecule has 0 bridgehead atoms. The molecule has 1 amide bonds. The van der Waals surface area contributed by atoms with Gasteiger partial charge in [-0.2, -0.15) is 4.31 Å². The van der Waals surface area contributed by atoms with Crippen molar-refractivity contribution >= 4 is 27.3 Å². The molecule has 31 heavy (non-hydrogen) atoms. The van der Waals surface area contributed by atoms with Crippen molar-refractivity contribution in [2.24, 2.45) is 5.92 Å². The molecule has 0 unspecified atom stereocenters. The van der Waals surface area contributed by atoms with Gasteiger partial charge in [-0.05, 0) is 74.5 Å². The fourth-order valence-electron chi connectivity index (χ4n) is 4.42. The highest BCUT2D eigenvalue weighted by molar-refractivity contribution is 7.89. The highest BCUT2D eigenvalue weighted by Crippen LogP contribution is 2.29. The van der Waals surface area contributed by atoms with E-state index in [1.807, 2.05) is 6.07 Å². The summed E-state index contributed by atoms with van der Waals surface area (Å²) in [6.45, 7) is 3.12. The number of rotatable bonds is 7. The van der Waals surface area contributed by atoms with Gasteiger partial charge < -0.3 is 5.32 Å². The third-order valence-corrected chi connectivity index (χ3v) is 8.98. The zero-order valence-corrected chi connectivity index (χ0v) is 19.0. The number of sulfonamides is 1. The Morgan fingerprint density at radius 3 is 2.55 bits per heavy atom. The molecule has 1 aromatic heterocycles. The Labute approximate surface area is 187 Å². The zero-order valence-electron chi connectivity index (χ0n) is 17.4. The monoisotopic (exact) mass is 465 g/mol. The largest absolute Gasteiger partial charge is 0.354 e. The number of nitrogens with one attached hydrogen (secondary N) is 1. The summed E-state index contributed by atoms with van der Waals surface area (Å²) in [5.74, 6) is -0.959. The van der Waals surface area contributed by atoms with E-state index >= 15 is 0 Å². The van der Waals surface area contributed by atoms with Crippen LogP contribution in [-0.2, 0) is 14.8 Å². The van der Waals surface area contributed by atoms with E-state index in [0.29, 0.717) is 25.9 Å². The second-order valence-corrected chi connectivity index (χ2v) is 11.1. The fourth-order valence-corrected chi connectivity index (χ4v) is 6.80. The molecule has 2 aliphatic heterocycles. The molecule has 1 aromatic carbocycles. The van der Waals surface area contributed by atoms with Crippen LogP contribution in [0.2, 0.25) is 0 Å². The molecule has 2 saturated heterocycles. The number of hydrogen-bond donors (Lipinski definition) is 1. The highest BCUT2D eigenvalue weighted by atomic mass is 32.2. The van der Waals surface area contributed by atoms with Gasteiger partial charge in [0.2, 0.25) is 15.9 Å². The van der Waals surface area contributed by atoms with Crippen LogP contribution in [0.3, 0.4) is 0 Å². The number of likely N-dealkylation sites (tertiary alicyclic amines) is 1. The first-order valence-corrected chi connectivity index (χ1v) is 13.1. The van der Waals surface area contributed by atoms with E-state index in [0.717, 1.165) is 25.2 Å². The molecule has 0 radical (unpaired) electrons. The van der Waals surface area contributed by atoms with Gasteiger partial charge in [0, 0.05) is 24.5 Å². The molecule has 6 nitrogen and oxygen atoms in total. The Balaban J connectivity index is 1.39. The Morgan fingerprint density at radius 1 is 1.13 bits per heavy atom. The topological polar surface area (TPSA) is 69.7 Å². The fraction of sp³-hybridized carbons (Fsp3) is 0.500. The van der Waals surface area contributed by atoms with Crippen molar-refractivity contribution in [1.82, 2.24) is 14.5 Å². The summed E-state index contributed by atoms with van der Waals surface area (Å²) in [6, 6.07) is 9.14. The molecule has 1 N–H and O–H groups in total. The summed E-state index contributed by atoms with van der Waals surface area (Å²) < 4.78 is 40.4. The standard InChI is InChI=1S/C22H28FN3O3S2/c23-18-7-9-19(10-8-18)31(28,29)26-13-3-5-17(16-26)22(27)24-15-20(21-6-4-14-30-21)25-11-1-2-12-25/h4,6-10,14,17,20H,1-3,5,11-13,15-16H2,(H,24,27)/t17-,20-/m0/s1. The molecular weight excluding hydrogens is 437 g/mol. The van der Waals surface area contributed by atoms with Crippen molar-refractivity contribution in [2.75, 3.05) is 32.7 Å². The highest BCUT2D eigenvalue weighted by Gasteiger charge is 2.34. The van der Waals surface area contributed by atoms with Gasteiger partial charge in [-0.15, -0.1) is 11.3 Å². The molecule has 2 aromatic rings. The van der Waals surface area contributed by atoms with Crippen molar-refractivity contribution < 1.29 is 17.6 Å². The lowest BCUT2D eigenvalue weighted by Gasteiger charge is -2.32. The molecule has 3 heterocycles. The third-order valence-electron chi connectivity index (χ3n) is 6.13. The number of carbonyl (C=O) groups is 1. The molecule has 168 valence electrons. The van der Waals surface area contributed by atoms with Gasteiger partial charge in [-0.3, -0.25) is 9.69 Å². The van der Waals surface area contributed by atoms with Crippen LogP contribution in [0.1, 0.15) is 36.6 Å². The summed E-state index contributed by atoms with van der Waals surface area (Å²) in [7, 11) is -3.74. The van der Waals surface area contributed by atoms with E-state index in [4.69, 9.17) is 0 Å². The van der Waals surface area contributed by atoms with E-state index in [2.05, 4.69) is 21.7 Å². The maximum absolute atomic E-state index is 13.2. The average molecular weight is 466 g/mol. The summed E-state index contributed by atoms with van der Waals surface area (Å²) in [4.78, 5) is 16.7. The number of halogens is 1. The van der Waals surface area contributed by atoms with E-state index in [1.165, 1.54) is 34.2 Å². The predicted molar refractivity (Wildman–Crippen MR) is 119 cm³/mol. The Morgan fingerprint density at radius 2 is 1.87 bits per heavy atom. The Hall–Kier alpha value is -1.81. The normalized spacial score (nSPS) is 21.8. The molecule has 9 heteroatoms. The van der Waals surface area contributed by atoms with Crippen LogP contribution in [-0.4, -0.2) is 56.3 Å². The number of carbonyl (C=O) groups excluding carboxylic acids is 1. The molecule has 0 aliphatic carbocycles. The zero-order chi connectivity index (χ0) is 21.8. The van der Waals surface area contributed by atoms with Gasteiger partial charge in [0.25, 0.3) is 0 Å². The lowest BCUT2D eigenvalue weighted by molar-refractivity contribution is -0.126. The van der Waals surface area contributed by atoms with E-state index < -0.39 is 15.8 Å². The summed E-state index contributed by atoms with van der Waals surface area (Å²) in [5, 5.41) is 5.15. The van der Waals surface area contributed by atoms with Crippen LogP contribution in [0.4, 0.5) is 4.39 Å². The van der Waals surface area contributed by atoms with Crippen LogP contribution < -0.4 is 5.32 Å². The quantitative estimate of drug-likeness (QED) is 0.682. The third kappa shape index (κ3) is 5.16. The van der Waals surface area contributed by atoms with Gasteiger partial charge in [0.1, 0.15) is 5.82 Å². The van der Waals surface area contributed by atoms with Gasteiger partial charge in [-0.1, -0.05) is 6.07 Å². The van der Waals surface area contributed by atoms with Crippen molar-refractivity contribution in [2.45, 2.75) is 36.6 Å². The molecule has 2 atom stereocenters. The van der Waals surface area contributed by atoms with Crippen molar-refractivity contribution in [3.05, 3.63) is 52.5 Å². The van der Waals surface area contributed by atoms with Crippen LogP contribution in [0.5, 0.6) is 0 Å². The maximum Gasteiger partial charge on any atom is 0.243 e. The number of amides is 1. The van der Waals surface area contributed by atoms with E-state index in [9.17, 15) is 17.6 Å². The molecule has 2 aliphatic rings. The number of thiophene rings is 1. The number of nitrogens with zero attached hydrogens (tertiary/aromatic N) is 2. The number of benzene rings is 1. The Bertz CT molecular complexity index is 974. The van der Waals surface area contributed by atoms with Gasteiger partial charge in [0.15, 0.2) is 0 Å². The second kappa shape index (κ2) is 9.77. The maximum atomic E-state index is 13.2. The minimum Gasteiger partial charge on any atom is -0.354 e. The van der Waals surface area contributed by atoms with E-state index in [-0.39, 0.29) is 29.3 Å². The van der Waals surface area contributed by atoms with Crippen molar-refractivity contribution in [3.8, 4) is 0 Å². The first kappa shape index (κ1) is 22.4. The van der Waals surface area contributed by atoms with Crippen molar-refractivity contribution in [3.63, 3.8) is 0 Å². The SMILES string of the molecule is O=C(NC[C@@H](c1cccs1)N1CCCC1)[C@H]1CCCN(S(=O)(=O)c2ccc(F)cc2)C1. The van der Waals surface area contributed by atoms with Gasteiger partial charge in [0.05, 0.1) is 16.9 Å². The molecule has 0 spiro atoms. The van der Waals surface area contributed by atoms with Crippen LogP contribution >= 0.6 is 11.3 Å². The minimum absolute atomic E-state index is 0.0572. The van der Waals surface area contributed by atoms with Crippen molar-refractivity contribution in [1.29, 1.82) is 0 Å². The van der Waals surface area contributed by atoms with Gasteiger partial charge in [-0.25, -0.2) is 12.8 Å². The number of hydrogen-bond acceptors (Lipinski definition) is 5. The van der Waals surface area contributed by atoms with Gasteiger partial charge >= 0.3 is 0 Å². The smallest absolute Gasteiger partial charge is 0.243 e. The summed E-state index contributed by atoms with van der Waals surface area (Å²) in [5.41, 5.74) is 0. The van der Waals surface area contributed by atoms with Crippen LogP contribution in [0, 0.1) is 11.7 Å². The van der Waals surface area contributed by atoms with E-state index in [1.54, 1.807) is 11.3 Å². The molecular formula is C22H28FN3O3S2. The Kier molecular flexibility index (Phi) is 7.05. The molecule has 2 fully saturated rings. The second-order valence-electron chi connectivity index (χ2n) is 8.18. The van der Waals surface area contributed by atoms with Crippen LogP contribution in [0.25, 0.3) is 0 Å². The first-order chi connectivity index (χ1) is 14.9. The molecule has 4 rings (SSSR count). The predicted octanol–water partition coefficient (Wildman–Crippen LogP) is 3.24. The summed E-state index contributed by atoms with van der Waals surface area (Å²) in [6.07, 6.45) is 3.64. The average Bonchev–Trinajstić information content (AvgIpc) is 3.49. The summed E-state index contributed by atoms with van der Waals surface area (Å²) >= 11 is 1.70. The lowest BCUT2D eigenvalue weighted by atomic mass is 9.98. The number of piperidine rings is 1. The molecule has 0 saturated carbocycles. The first-order valence-electron chi connectivity index (χ1n) is 10.8.